The van der Waals surface area contributed by atoms with Crippen molar-refractivity contribution in [2.24, 2.45) is 4.99 Å². The van der Waals surface area contributed by atoms with Crippen LogP contribution in [-0.4, -0.2) is 18.9 Å². The summed E-state index contributed by atoms with van der Waals surface area (Å²) in [5.41, 5.74) is 2.35. The first-order valence-electron chi connectivity index (χ1n) is 8.85. The molecule has 29 heavy (non-hydrogen) atoms. The number of carbonyl (C=O) groups excluding carboxylic acids is 1. The Kier molecular flexibility index (Phi) is 5.14. The summed E-state index contributed by atoms with van der Waals surface area (Å²) in [7, 11) is 1.58. The van der Waals surface area contributed by atoms with Crippen LogP contribution >= 0.6 is 11.6 Å². The molecule has 3 aromatic carbocycles. The second kappa shape index (κ2) is 7.89. The number of anilines is 1. The topological polar surface area (TPSA) is 41.9 Å². The van der Waals surface area contributed by atoms with Crippen molar-refractivity contribution in [2.75, 3.05) is 12.0 Å². The molecule has 1 aliphatic heterocycles. The van der Waals surface area contributed by atoms with Crippen LogP contribution in [0.1, 0.15) is 11.1 Å². The zero-order valence-corrected chi connectivity index (χ0v) is 16.2. The summed E-state index contributed by atoms with van der Waals surface area (Å²) in [6.45, 7) is 0. The molecular formula is C23H16ClFN2O2. The minimum absolute atomic E-state index is 0.274. The maximum Gasteiger partial charge on any atom is 0.282 e. The third-order valence-electron chi connectivity index (χ3n) is 4.47. The molecule has 0 spiro atoms. The van der Waals surface area contributed by atoms with Gasteiger partial charge in [-0.1, -0.05) is 23.7 Å². The van der Waals surface area contributed by atoms with Crippen molar-refractivity contribution in [1.82, 2.24) is 0 Å². The number of hydrogen-bond donors (Lipinski definition) is 0. The molecule has 0 atom stereocenters. The van der Waals surface area contributed by atoms with Gasteiger partial charge in [0.2, 0.25) is 0 Å². The average molecular weight is 407 g/mol. The number of amidine groups is 1. The van der Waals surface area contributed by atoms with Gasteiger partial charge in [0.1, 0.15) is 23.1 Å². The van der Waals surface area contributed by atoms with Crippen molar-refractivity contribution in [3.63, 3.8) is 0 Å². The highest BCUT2D eigenvalue weighted by atomic mass is 35.5. The largest absolute Gasteiger partial charge is 0.497 e. The number of aliphatic imine (C=N–C) groups is 1. The quantitative estimate of drug-likeness (QED) is 0.550. The van der Waals surface area contributed by atoms with Gasteiger partial charge in [0.15, 0.2) is 0 Å². The van der Waals surface area contributed by atoms with E-state index in [4.69, 9.17) is 16.3 Å². The highest BCUT2D eigenvalue weighted by Gasteiger charge is 2.32. The van der Waals surface area contributed by atoms with Gasteiger partial charge in [-0.15, -0.1) is 0 Å². The monoisotopic (exact) mass is 406 g/mol. The van der Waals surface area contributed by atoms with Crippen molar-refractivity contribution >= 4 is 35.1 Å². The van der Waals surface area contributed by atoms with Gasteiger partial charge in [0.05, 0.1) is 12.8 Å². The molecule has 0 aliphatic carbocycles. The lowest BCUT2D eigenvalue weighted by Gasteiger charge is -2.18. The van der Waals surface area contributed by atoms with Gasteiger partial charge < -0.3 is 4.74 Å². The van der Waals surface area contributed by atoms with E-state index in [2.05, 4.69) is 4.99 Å². The summed E-state index contributed by atoms with van der Waals surface area (Å²) < 4.78 is 18.6. The van der Waals surface area contributed by atoms with Gasteiger partial charge in [-0.05, 0) is 72.3 Å². The first-order chi connectivity index (χ1) is 14.0. The molecule has 1 aliphatic rings. The summed E-state index contributed by atoms with van der Waals surface area (Å²) in [5, 5.41) is 0.611. The highest BCUT2D eigenvalue weighted by molar-refractivity contribution is 6.33. The van der Waals surface area contributed by atoms with Crippen LogP contribution in [0.15, 0.2) is 83.5 Å². The molecule has 6 heteroatoms. The predicted molar refractivity (Wildman–Crippen MR) is 113 cm³/mol. The molecule has 1 amide bonds. The molecule has 4 nitrogen and oxygen atoms in total. The van der Waals surface area contributed by atoms with Crippen molar-refractivity contribution in [3.8, 4) is 5.75 Å². The van der Waals surface area contributed by atoms with Crippen LogP contribution in [0.2, 0.25) is 5.02 Å². The lowest BCUT2D eigenvalue weighted by atomic mass is 10.1. The number of ether oxygens (including phenoxy) is 1. The van der Waals surface area contributed by atoms with E-state index in [1.165, 1.54) is 17.0 Å². The molecule has 0 radical (unpaired) electrons. The third kappa shape index (κ3) is 3.91. The van der Waals surface area contributed by atoms with Crippen molar-refractivity contribution in [2.45, 2.75) is 0 Å². The van der Waals surface area contributed by atoms with Gasteiger partial charge >= 0.3 is 0 Å². The van der Waals surface area contributed by atoms with Gasteiger partial charge in [-0.2, -0.15) is 0 Å². The van der Waals surface area contributed by atoms with Crippen LogP contribution in [0.25, 0.3) is 6.08 Å². The van der Waals surface area contributed by atoms with E-state index in [1.54, 1.807) is 61.7 Å². The summed E-state index contributed by atoms with van der Waals surface area (Å²) in [6, 6.07) is 20.1. The molecule has 0 saturated heterocycles. The molecule has 4 rings (SSSR count). The van der Waals surface area contributed by atoms with Crippen molar-refractivity contribution in [3.05, 3.63) is 100 Å². The number of carbonyl (C=O) groups is 1. The minimum atomic E-state index is -0.355. The van der Waals surface area contributed by atoms with E-state index in [0.29, 0.717) is 27.9 Å². The summed E-state index contributed by atoms with van der Waals surface area (Å²) in [4.78, 5) is 19.3. The Bertz CT molecular complexity index is 1110. The van der Waals surface area contributed by atoms with Gasteiger partial charge in [0, 0.05) is 10.6 Å². The fourth-order valence-electron chi connectivity index (χ4n) is 3.00. The van der Waals surface area contributed by atoms with Crippen LogP contribution in [0.4, 0.5) is 10.1 Å². The number of hydrogen-bond acceptors (Lipinski definition) is 3. The highest BCUT2D eigenvalue weighted by Crippen LogP contribution is 2.29. The third-order valence-corrected chi connectivity index (χ3v) is 4.72. The SMILES string of the molecule is COc1ccc(N2C(=O)/C(=C\c3ccc(Cl)cc3)N=C2c2ccc(F)cc2)cc1. The summed E-state index contributed by atoms with van der Waals surface area (Å²) >= 11 is 5.94. The summed E-state index contributed by atoms with van der Waals surface area (Å²) in [5.74, 6) is 0.481. The van der Waals surface area contributed by atoms with E-state index in [-0.39, 0.29) is 17.4 Å². The van der Waals surface area contributed by atoms with Crippen LogP contribution in [0, 0.1) is 5.82 Å². The van der Waals surface area contributed by atoms with E-state index in [1.807, 2.05) is 12.1 Å². The Balaban J connectivity index is 1.79. The standard InChI is InChI=1S/C23H16ClFN2O2/c1-29-20-12-10-19(11-13-20)27-22(16-4-8-18(25)9-5-16)26-21(23(27)28)14-15-2-6-17(24)7-3-15/h2-14H,1H3/b21-14+. The molecule has 0 bridgehead atoms. The molecule has 0 fully saturated rings. The predicted octanol–water partition coefficient (Wildman–Crippen LogP) is 5.32. The second-order valence-electron chi connectivity index (χ2n) is 6.36. The van der Waals surface area contributed by atoms with Crippen molar-refractivity contribution < 1.29 is 13.9 Å². The number of methoxy groups -OCH3 is 1. The van der Waals surface area contributed by atoms with E-state index in [0.717, 1.165) is 5.56 Å². The zero-order valence-electron chi connectivity index (χ0n) is 15.5. The normalized spacial score (nSPS) is 15.0. The molecule has 0 N–H and O–H groups in total. The first kappa shape index (κ1) is 18.9. The van der Waals surface area contributed by atoms with E-state index in [9.17, 15) is 9.18 Å². The average Bonchev–Trinajstić information content (AvgIpc) is 3.06. The van der Waals surface area contributed by atoms with E-state index >= 15 is 0 Å². The first-order valence-corrected chi connectivity index (χ1v) is 9.23. The van der Waals surface area contributed by atoms with Crippen molar-refractivity contribution in [1.29, 1.82) is 0 Å². The van der Waals surface area contributed by atoms with Crippen LogP contribution in [0.3, 0.4) is 0 Å². The van der Waals surface area contributed by atoms with Crippen LogP contribution in [-0.2, 0) is 4.79 Å². The molecule has 144 valence electrons. The number of benzene rings is 3. The van der Waals surface area contributed by atoms with E-state index < -0.39 is 0 Å². The smallest absolute Gasteiger partial charge is 0.282 e. The fourth-order valence-corrected chi connectivity index (χ4v) is 3.12. The van der Waals surface area contributed by atoms with Gasteiger partial charge in [-0.3, -0.25) is 9.69 Å². The maximum absolute atomic E-state index is 13.4. The molecule has 0 saturated carbocycles. The Morgan fingerprint density at radius 1 is 0.966 bits per heavy atom. The van der Waals surface area contributed by atoms with Gasteiger partial charge in [0.25, 0.3) is 5.91 Å². The Morgan fingerprint density at radius 2 is 1.62 bits per heavy atom. The summed E-state index contributed by atoms with van der Waals surface area (Å²) in [6.07, 6.45) is 1.70. The van der Waals surface area contributed by atoms with Gasteiger partial charge in [-0.25, -0.2) is 9.38 Å². The lowest BCUT2D eigenvalue weighted by Crippen LogP contribution is -2.32. The van der Waals surface area contributed by atoms with Crippen LogP contribution < -0.4 is 9.64 Å². The number of amides is 1. The Morgan fingerprint density at radius 3 is 2.24 bits per heavy atom. The number of halogens is 2. The Labute approximate surface area is 172 Å². The second-order valence-corrected chi connectivity index (χ2v) is 6.80. The van der Waals surface area contributed by atoms with Crippen LogP contribution in [0.5, 0.6) is 5.75 Å². The molecule has 0 unspecified atom stereocenters. The number of nitrogens with zero attached hydrogens (tertiary/aromatic N) is 2. The lowest BCUT2D eigenvalue weighted by molar-refractivity contribution is -0.113. The molecule has 0 aromatic heterocycles. The number of rotatable bonds is 4. The molecule has 1 heterocycles. The molecular weight excluding hydrogens is 391 g/mol. The molecule has 3 aromatic rings. The fraction of sp³-hybridized carbons (Fsp3) is 0.0435. The Hall–Kier alpha value is -3.44. The zero-order chi connectivity index (χ0) is 20.4. The minimum Gasteiger partial charge on any atom is -0.497 e. The maximum atomic E-state index is 13.4.